The van der Waals surface area contributed by atoms with Gasteiger partial charge >= 0.3 is 12.1 Å². The van der Waals surface area contributed by atoms with Crippen molar-refractivity contribution in [2.24, 2.45) is 5.41 Å². The number of carbonyl (C=O) groups excluding carboxylic acids is 2. The minimum absolute atomic E-state index is 0.0796. The van der Waals surface area contributed by atoms with Crippen molar-refractivity contribution in [1.29, 1.82) is 0 Å². The first kappa shape index (κ1) is 29.3. The number of likely N-dealkylation sites (tertiary alicyclic amines) is 1. The molecule has 2 aromatic carbocycles. The Kier molecular flexibility index (Phi) is 8.12. The zero-order chi connectivity index (χ0) is 29.3. The molecule has 1 aliphatic heterocycles. The summed E-state index contributed by atoms with van der Waals surface area (Å²) in [6.07, 6.45) is -0.665. The molecule has 40 heavy (non-hydrogen) atoms. The zero-order valence-electron chi connectivity index (χ0n) is 23.8. The summed E-state index contributed by atoms with van der Waals surface area (Å²) in [5.41, 5.74) is 2.26. The lowest BCUT2D eigenvalue weighted by atomic mass is 9.79. The second-order valence-corrected chi connectivity index (χ2v) is 13.5. The maximum absolute atomic E-state index is 13.4. The van der Waals surface area contributed by atoms with Gasteiger partial charge in [0, 0.05) is 35.1 Å². The molecule has 3 aromatic rings. The minimum atomic E-state index is -3.79. The summed E-state index contributed by atoms with van der Waals surface area (Å²) >= 11 is 0. The van der Waals surface area contributed by atoms with Gasteiger partial charge in [-0.15, -0.1) is 0 Å². The van der Waals surface area contributed by atoms with E-state index in [0.29, 0.717) is 12.4 Å². The lowest BCUT2D eigenvalue weighted by Gasteiger charge is -2.49. The van der Waals surface area contributed by atoms with Crippen LogP contribution in [0.2, 0.25) is 0 Å². The Labute approximate surface area is 235 Å². The van der Waals surface area contributed by atoms with Crippen LogP contribution in [0.25, 0.3) is 10.9 Å². The van der Waals surface area contributed by atoms with Crippen molar-refractivity contribution in [2.45, 2.75) is 58.1 Å². The van der Waals surface area contributed by atoms with Crippen molar-refractivity contribution in [1.82, 2.24) is 9.88 Å². The van der Waals surface area contributed by atoms with E-state index in [2.05, 4.69) is 4.98 Å². The van der Waals surface area contributed by atoms with Crippen molar-refractivity contribution in [3.05, 3.63) is 65.4 Å². The molecule has 0 atom stereocenters. The molecule has 1 saturated heterocycles. The Morgan fingerprint density at radius 1 is 1.05 bits per heavy atom. The van der Waals surface area contributed by atoms with Crippen LogP contribution < -0.4 is 4.74 Å². The SMILES string of the molecule is COC(=O)CC1(CS(=O)(=O)c2ccc(OCc3cc(C)nc4c(C)cccc34)cc2)CN(C(=O)OC(C)(C)C)C1. The summed E-state index contributed by atoms with van der Waals surface area (Å²) < 4.78 is 43.0. The molecule has 1 fully saturated rings. The summed E-state index contributed by atoms with van der Waals surface area (Å²) in [4.78, 5) is 30.7. The van der Waals surface area contributed by atoms with Gasteiger partial charge in [-0.3, -0.25) is 9.78 Å². The van der Waals surface area contributed by atoms with E-state index in [0.717, 1.165) is 27.7 Å². The highest BCUT2D eigenvalue weighted by molar-refractivity contribution is 7.91. The normalized spacial score (nSPS) is 14.9. The third kappa shape index (κ3) is 6.72. The van der Waals surface area contributed by atoms with Crippen molar-refractivity contribution < 1.29 is 32.2 Å². The fourth-order valence-electron chi connectivity index (χ4n) is 4.97. The number of esters is 1. The zero-order valence-corrected chi connectivity index (χ0v) is 24.6. The number of rotatable bonds is 8. The van der Waals surface area contributed by atoms with Crippen LogP contribution in [0.3, 0.4) is 0 Å². The molecule has 0 unspecified atom stereocenters. The lowest BCUT2D eigenvalue weighted by Crippen LogP contribution is -2.62. The predicted molar refractivity (Wildman–Crippen MR) is 151 cm³/mol. The first-order chi connectivity index (χ1) is 18.7. The molecule has 0 spiro atoms. The van der Waals surface area contributed by atoms with E-state index in [1.165, 1.54) is 24.1 Å². The molecule has 0 saturated carbocycles. The molecule has 214 valence electrons. The molecule has 4 rings (SSSR count). The quantitative estimate of drug-likeness (QED) is 0.349. The number of nitrogens with zero attached hydrogens (tertiary/aromatic N) is 2. The maximum atomic E-state index is 13.4. The molecular formula is C30H36N2O7S. The number of carbonyl (C=O) groups is 2. The molecule has 0 radical (unpaired) electrons. The monoisotopic (exact) mass is 568 g/mol. The number of benzene rings is 2. The van der Waals surface area contributed by atoms with E-state index in [1.807, 2.05) is 38.1 Å². The van der Waals surface area contributed by atoms with Crippen LogP contribution in [0, 0.1) is 19.3 Å². The molecule has 10 heteroatoms. The van der Waals surface area contributed by atoms with Gasteiger partial charge in [0.15, 0.2) is 9.84 Å². The van der Waals surface area contributed by atoms with Gasteiger partial charge in [0.1, 0.15) is 18.0 Å². The highest BCUT2D eigenvalue weighted by Gasteiger charge is 2.50. The number of aromatic nitrogens is 1. The fourth-order valence-corrected chi connectivity index (χ4v) is 6.77. The topological polar surface area (TPSA) is 112 Å². The van der Waals surface area contributed by atoms with Gasteiger partial charge in [-0.05, 0) is 70.5 Å². The van der Waals surface area contributed by atoms with Crippen molar-refractivity contribution in [3.63, 3.8) is 0 Å². The van der Waals surface area contributed by atoms with Crippen LogP contribution in [0.5, 0.6) is 5.75 Å². The first-order valence-electron chi connectivity index (χ1n) is 13.1. The Morgan fingerprint density at radius 2 is 1.73 bits per heavy atom. The van der Waals surface area contributed by atoms with Gasteiger partial charge in [0.05, 0.1) is 29.7 Å². The van der Waals surface area contributed by atoms with E-state index in [1.54, 1.807) is 32.9 Å². The number of aryl methyl sites for hydroxylation is 2. The average Bonchev–Trinajstić information content (AvgIpc) is 2.85. The second-order valence-electron chi connectivity index (χ2n) is 11.5. The highest BCUT2D eigenvalue weighted by Crippen LogP contribution is 2.38. The lowest BCUT2D eigenvalue weighted by molar-refractivity contribution is -0.146. The first-order valence-corrected chi connectivity index (χ1v) is 14.7. The van der Waals surface area contributed by atoms with E-state index < -0.39 is 32.9 Å². The third-order valence-corrected chi connectivity index (χ3v) is 8.76. The summed E-state index contributed by atoms with van der Waals surface area (Å²) in [7, 11) is -2.54. The molecule has 0 N–H and O–H groups in total. The Hall–Kier alpha value is -3.66. The molecular weight excluding hydrogens is 532 g/mol. The molecule has 9 nitrogen and oxygen atoms in total. The Morgan fingerprint density at radius 3 is 2.35 bits per heavy atom. The van der Waals surface area contributed by atoms with Gasteiger partial charge in [-0.25, -0.2) is 13.2 Å². The van der Waals surface area contributed by atoms with Gasteiger partial charge in [0.25, 0.3) is 0 Å². The van der Waals surface area contributed by atoms with Gasteiger partial charge < -0.3 is 19.1 Å². The van der Waals surface area contributed by atoms with Gasteiger partial charge in [-0.1, -0.05) is 18.2 Å². The van der Waals surface area contributed by atoms with E-state index in [4.69, 9.17) is 14.2 Å². The molecule has 1 amide bonds. The van der Waals surface area contributed by atoms with Crippen LogP contribution in [-0.2, 0) is 30.7 Å². The van der Waals surface area contributed by atoms with Crippen LogP contribution in [0.1, 0.15) is 44.0 Å². The molecule has 2 heterocycles. The Bertz CT molecular complexity index is 1520. The number of fused-ring (bicyclic) bond motifs is 1. The van der Waals surface area contributed by atoms with E-state index >= 15 is 0 Å². The van der Waals surface area contributed by atoms with Gasteiger partial charge in [-0.2, -0.15) is 0 Å². The highest BCUT2D eigenvalue weighted by atomic mass is 32.2. The van der Waals surface area contributed by atoms with Crippen molar-refractivity contribution >= 4 is 32.8 Å². The number of amides is 1. The van der Waals surface area contributed by atoms with Crippen LogP contribution in [-0.4, -0.2) is 61.9 Å². The molecule has 1 aromatic heterocycles. The molecule has 1 aliphatic rings. The summed E-state index contributed by atoms with van der Waals surface area (Å²) in [6.45, 7) is 9.69. The smallest absolute Gasteiger partial charge is 0.410 e. The molecule has 0 bridgehead atoms. The summed E-state index contributed by atoms with van der Waals surface area (Å²) in [6, 6.07) is 14.2. The van der Waals surface area contributed by atoms with E-state index in [-0.39, 0.29) is 30.2 Å². The number of hydrogen-bond acceptors (Lipinski definition) is 8. The van der Waals surface area contributed by atoms with Gasteiger partial charge in [0.2, 0.25) is 0 Å². The van der Waals surface area contributed by atoms with Crippen molar-refractivity contribution in [3.8, 4) is 5.75 Å². The third-order valence-electron chi connectivity index (χ3n) is 6.78. The van der Waals surface area contributed by atoms with Crippen LogP contribution >= 0.6 is 0 Å². The fraction of sp³-hybridized carbons (Fsp3) is 0.433. The summed E-state index contributed by atoms with van der Waals surface area (Å²) in [5.74, 6) is -0.314. The van der Waals surface area contributed by atoms with Crippen molar-refractivity contribution in [2.75, 3.05) is 26.0 Å². The number of hydrogen-bond donors (Lipinski definition) is 0. The predicted octanol–water partition coefficient (Wildman–Crippen LogP) is 5.00. The number of ether oxygens (including phenoxy) is 3. The van der Waals surface area contributed by atoms with Crippen LogP contribution in [0.15, 0.2) is 53.4 Å². The average molecular weight is 569 g/mol. The minimum Gasteiger partial charge on any atom is -0.489 e. The maximum Gasteiger partial charge on any atom is 0.410 e. The van der Waals surface area contributed by atoms with Crippen LogP contribution in [0.4, 0.5) is 4.79 Å². The second kappa shape index (κ2) is 11.1. The number of sulfone groups is 1. The number of methoxy groups -OCH3 is 1. The van der Waals surface area contributed by atoms with E-state index in [9.17, 15) is 18.0 Å². The molecule has 0 aliphatic carbocycles. The number of pyridine rings is 1. The Balaban J connectivity index is 1.46. The standard InChI is InChI=1S/C30H36N2O7S/c1-20-8-7-9-25-22(14-21(2)31-27(20)25)16-38-23-10-12-24(13-11-23)40(35,36)19-30(15-26(33)37-6)17-32(18-30)28(34)39-29(3,4)5/h7-14H,15-19H2,1-6H3. The number of para-hydroxylation sites is 1. The summed E-state index contributed by atoms with van der Waals surface area (Å²) in [5, 5.41) is 1.02. The largest absolute Gasteiger partial charge is 0.489 e.